The molecule has 0 amide bonds. The third-order valence-electron chi connectivity index (χ3n) is 4.22. The number of anilines is 1. The Bertz CT molecular complexity index is 944. The molecule has 0 aliphatic carbocycles. The quantitative estimate of drug-likeness (QED) is 0.839. The summed E-state index contributed by atoms with van der Waals surface area (Å²) in [6, 6.07) is 8.74. The minimum atomic E-state index is -3.94. The molecule has 2 aromatic carbocycles. The first-order valence-electron chi connectivity index (χ1n) is 7.57. The molecule has 2 N–H and O–H groups in total. The number of hydrogen-bond acceptors (Lipinski definition) is 5. The maximum atomic E-state index is 13.3. The van der Waals surface area contributed by atoms with Crippen molar-refractivity contribution in [3.8, 4) is 0 Å². The number of ether oxygens (including phenoxy) is 1. The van der Waals surface area contributed by atoms with E-state index in [0.717, 1.165) is 11.1 Å². The van der Waals surface area contributed by atoms with E-state index < -0.39 is 16.0 Å². The number of nitrogens with two attached hydrogens (primary N) is 1. The number of primary sulfonamides is 1. The predicted octanol–water partition coefficient (Wildman–Crippen LogP) is 1.82. The molecule has 0 aromatic heterocycles. The molecule has 0 bridgehead atoms. The molecule has 0 saturated heterocycles. The Morgan fingerprint density at radius 2 is 1.96 bits per heavy atom. The molecule has 1 aliphatic rings. The zero-order chi connectivity index (χ0) is 18.2. The average molecular weight is 364 g/mol. The van der Waals surface area contributed by atoms with Gasteiger partial charge >= 0.3 is 5.97 Å². The van der Waals surface area contributed by atoms with E-state index in [9.17, 15) is 17.6 Å². The molecule has 25 heavy (non-hydrogen) atoms. The van der Waals surface area contributed by atoms with Crippen molar-refractivity contribution in [2.24, 2.45) is 5.14 Å². The molecule has 0 spiro atoms. The summed E-state index contributed by atoms with van der Waals surface area (Å²) in [4.78, 5) is 13.9. The minimum Gasteiger partial charge on any atom is -0.465 e. The fourth-order valence-corrected chi connectivity index (χ4v) is 3.51. The lowest BCUT2D eigenvalue weighted by atomic mass is 9.98. The van der Waals surface area contributed by atoms with Crippen molar-refractivity contribution in [3.63, 3.8) is 0 Å². The van der Waals surface area contributed by atoms with E-state index in [2.05, 4.69) is 0 Å². The number of benzene rings is 2. The number of halogens is 1. The van der Waals surface area contributed by atoms with E-state index in [1.54, 1.807) is 12.1 Å². The topological polar surface area (TPSA) is 89.7 Å². The maximum absolute atomic E-state index is 13.3. The molecule has 8 heteroatoms. The third kappa shape index (κ3) is 3.49. The van der Waals surface area contributed by atoms with Gasteiger partial charge in [-0.25, -0.2) is 22.7 Å². The fraction of sp³-hybridized carbons (Fsp3) is 0.235. The summed E-state index contributed by atoms with van der Waals surface area (Å²) in [6.07, 6.45) is 0.616. The SMILES string of the molecule is COC(=O)c1cc(S(N)(=O)=O)ccc1N1CCc2cc(F)ccc2C1. The van der Waals surface area contributed by atoms with Gasteiger partial charge in [-0.05, 0) is 47.9 Å². The van der Waals surface area contributed by atoms with Crippen molar-refractivity contribution in [1.82, 2.24) is 0 Å². The van der Waals surface area contributed by atoms with Gasteiger partial charge in [0.05, 0.1) is 23.3 Å². The summed E-state index contributed by atoms with van der Waals surface area (Å²) >= 11 is 0. The van der Waals surface area contributed by atoms with Gasteiger partial charge in [-0.1, -0.05) is 6.07 Å². The van der Waals surface area contributed by atoms with Crippen LogP contribution in [0, 0.1) is 5.82 Å². The maximum Gasteiger partial charge on any atom is 0.340 e. The standard InChI is InChI=1S/C17H17FN2O4S/c1-24-17(21)15-9-14(25(19,22)23)4-5-16(15)20-7-6-11-8-13(18)3-2-12(11)10-20/h2-5,8-9H,6-7,10H2,1H3,(H2,19,22,23). The van der Waals surface area contributed by atoms with Crippen molar-refractivity contribution >= 4 is 21.7 Å². The molecule has 1 heterocycles. The molecule has 3 rings (SSSR count). The highest BCUT2D eigenvalue weighted by Gasteiger charge is 2.24. The summed E-state index contributed by atoms with van der Waals surface area (Å²) < 4.78 is 41.2. The molecule has 1 aliphatic heterocycles. The van der Waals surface area contributed by atoms with Crippen molar-refractivity contribution in [2.75, 3.05) is 18.6 Å². The van der Waals surface area contributed by atoms with E-state index in [1.165, 1.54) is 31.4 Å². The number of rotatable bonds is 3. The zero-order valence-corrected chi connectivity index (χ0v) is 14.3. The Kier molecular flexibility index (Phi) is 4.49. The number of sulfonamides is 1. The highest BCUT2D eigenvalue weighted by atomic mass is 32.2. The second kappa shape index (κ2) is 6.45. The number of carbonyl (C=O) groups excluding carboxylic acids is 1. The Morgan fingerprint density at radius 1 is 1.20 bits per heavy atom. The third-order valence-corrected chi connectivity index (χ3v) is 5.13. The lowest BCUT2D eigenvalue weighted by molar-refractivity contribution is 0.0601. The van der Waals surface area contributed by atoms with Crippen molar-refractivity contribution in [1.29, 1.82) is 0 Å². The first-order chi connectivity index (χ1) is 11.8. The average Bonchev–Trinajstić information content (AvgIpc) is 2.59. The Hall–Kier alpha value is -2.45. The van der Waals surface area contributed by atoms with Gasteiger partial charge in [0.2, 0.25) is 10.0 Å². The number of fused-ring (bicyclic) bond motifs is 1. The van der Waals surface area contributed by atoms with Crippen LogP contribution in [0.2, 0.25) is 0 Å². The summed E-state index contributed by atoms with van der Waals surface area (Å²) in [5.41, 5.74) is 2.56. The van der Waals surface area contributed by atoms with Gasteiger partial charge in [-0.3, -0.25) is 0 Å². The van der Waals surface area contributed by atoms with Gasteiger partial charge in [0.15, 0.2) is 0 Å². The lowest BCUT2D eigenvalue weighted by Crippen LogP contribution is -2.32. The van der Waals surface area contributed by atoms with Crippen LogP contribution in [0.3, 0.4) is 0 Å². The van der Waals surface area contributed by atoms with Crippen molar-refractivity contribution in [2.45, 2.75) is 17.9 Å². The molecule has 132 valence electrons. The van der Waals surface area contributed by atoms with Gasteiger partial charge in [0.1, 0.15) is 5.82 Å². The van der Waals surface area contributed by atoms with Crippen LogP contribution in [0.4, 0.5) is 10.1 Å². The van der Waals surface area contributed by atoms with E-state index in [-0.39, 0.29) is 16.3 Å². The van der Waals surface area contributed by atoms with E-state index in [1.807, 2.05) is 4.90 Å². The Morgan fingerprint density at radius 3 is 2.64 bits per heavy atom. The largest absolute Gasteiger partial charge is 0.465 e. The normalized spacial score (nSPS) is 14.1. The predicted molar refractivity (Wildman–Crippen MR) is 90.3 cm³/mol. The molecular formula is C17H17FN2O4S. The van der Waals surface area contributed by atoms with Crippen molar-refractivity contribution < 1.29 is 22.3 Å². The summed E-state index contributed by atoms with van der Waals surface area (Å²) in [6.45, 7) is 1.05. The molecule has 0 saturated carbocycles. The van der Waals surface area contributed by atoms with Crippen LogP contribution in [-0.4, -0.2) is 28.0 Å². The monoisotopic (exact) mass is 364 g/mol. The van der Waals surface area contributed by atoms with Crippen LogP contribution in [0.5, 0.6) is 0 Å². The highest BCUT2D eigenvalue weighted by molar-refractivity contribution is 7.89. The Labute approximate surface area is 145 Å². The summed E-state index contributed by atoms with van der Waals surface area (Å²) in [5, 5.41) is 5.14. The molecule has 0 fully saturated rings. The smallest absolute Gasteiger partial charge is 0.340 e. The number of carbonyl (C=O) groups is 1. The van der Waals surface area contributed by atoms with Gasteiger partial charge < -0.3 is 9.64 Å². The van der Waals surface area contributed by atoms with Crippen LogP contribution in [0.1, 0.15) is 21.5 Å². The second-order valence-corrected chi connectivity index (χ2v) is 7.36. The lowest BCUT2D eigenvalue weighted by Gasteiger charge is -2.32. The van der Waals surface area contributed by atoms with Gasteiger partial charge in [-0.2, -0.15) is 0 Å². The van der Waals surface area contributed by atoms with E-state index in [4.69, 9.17) is 9.88 Å². The van der Waals surface area contributed by atoms with E-state index in [0.29, 0.717) is 25.2 Å². The first-order valence-corrected chi connectivity index (χ1v) is 9.11. The molecule has 0 unspecified atom stereocenters. The second-order valence-electron chi connectivity index (χ2n) is 5.80. The van der Waals surface area contributed by atoms with Crippen molar-refractivity contribution in [3.05, 3.63) is 58.9 Å². The summed E-state index contributed by atoms with van der Waals surface area (Å²) in [7, 11) is -2.71. The first kappa shape index (κ1) is 17.4. The van der Waals surface area contributed by atoms with Crippen LogP contribution < -0.4 is 10.0 Å². The molecule has 6 nitrogen and oxygen atoms in total. The number of hydrogen-bond donors (Lipinski definition) is 1. The van der Waals surface area contributed by atoms with Crippen LogP contribution >= 0.6 is 0 Å². The molecule has 2 aromatic rings. The number of methoxy groups -OCH3 is 1. The fourth-order valence-electron chi connectivity index (χ4n) is 2.97. The highest BCUT2D eigenvalue weighted by Crippen LogP contribution is 2.29. The number of nitrogens with zero attached hydrogens (tertiary/aromatic N) is 1. The molecule has 0 atom stereocenters. The summed E-state index contributed by atoms with van der Waals surface area (Å²) in [5.74, 6) is -0.926. The Balaban J connectivity index is 2.02. The zero-order valence-electron chi connectivity index (χ0n) is 13.5. The number of esters is 1. The van der Waals surface area contributed by atoms with Crippen LogP contribution in [0.25, 0.3) is 0 Å². The minimum absolute atomic E-state index is 0.125. The van der Waals surface area contributed by atoms with Crippen LogP contribution in [0.15, 0.2) is 41.3 Å². The van der Waals surface area contributed by atoms with Gasteiger partial charge in [-0.15, -0.1) is 0 Å². The molecular weight excluding hydrogens is 347 g/mol. The van der Waals surface area contributed by atoms with Gasteiger partial charge in [0.25, 0.3) is 0 Å². The van der Waals surface area contributed by atoms with Crippen LogP contribution in [-0.2, 0) is 27.7 Å². The molecule has 0 radical (unpaired) electrons. The van der Waals surface area contributed by atoms with E-state index >= 15 is 0 Å². The van der Waals surface area contributed by atoms with Gasteiger partial charge in [0, 0.05) is 13.1 Å².